The number of allylic oxidation sites excluding steroid dienone is 3. The van der Waals surface area contributed by atoms with E-state index >= 15 is 0 Å². The van der Waals surface area contributed by atoms with Gasteiger partial charge in [0.15, 0.2) is 0 Å². The Hall–Kier alpha value is -2.27. The molecule has 10 nitrogen and oxygen atoms in total. The number of aliphatic carboxylic acids is 1. The quantitative estimate of drug-likeness (QED) is 0.0953. The molecule has 10 heteroatoms. The van der Waals surface area contributed by atoms with Crippen molar-refractivity contribution in [3.63, 3.8) is 0 Å². The lowest BCUT2D eigenvalue weighted by Crippen LogP contribution is -2.43. The van der Waals surface area contributed by atoms with Gasteiger partial charge in [-0.2, -0.15) is 0 Å². The number of hydrogen-bond donors (Lipinski definition) is 3. The van der Waals surface area contributed by atoms with E-state index in [-0.39, 0.29) is 67.2 Å². The highest BCUT2D eigenvalue weighted by Gasteiger charge is 2.56. The summed E-state index contributed by atoms with van der Waals surface area (Å²) in [6.07, 6.45) is 8.17. The molecule has 2 aliphatic heterocycles. The molecule has 2 saturated heterocycles. The number of nitrogens with one attached hydrogen (secondary N) is 1. The van der Waals surface area contributed by atoms with Crippen molar-refractivity contribution in [3.8, 4) is 0 Å². The second-order valence-electron chi connectivity index (χ2n) is 12.1. The van der Waals surface area contributed by atoms with Crippen LogP contribution in [0.4, 0.5) is 0 Å². The van der Waals surface area contributed by atoms with Crippen molar-refractivity contribution in [3.05, 3.63) is 23.8 Å². The molecule has 2 rings (SSSR count). The summed E-state index contributed by atoms with van der Waals surface area (Å²) >= 11 is 0. The van der Waals surface area contributed by atoms with Gasteiger partial charge < -0.3 is 34.5 Å². The minimum Gasteiger partial charge on any atom is -0.480 e. The van der Waals surface area contributed by atoms with Gasteiger partial charge in [-0.3, -0.25) is 9.59 Å². The highest BCUT2D eigenvalue weighted by Crippen LogP contribution is 2.47. The zero-order chi connectivity index (χ0) is 30.7. The molecule has 3 N–H and O–H groups in total. The van der Waals surface area contributed by atoms with Gasteiger partial charge in [-0.05, 0) is 70.3 Å². The Kier molecular flexibility index (Phi) is 14.0. The summed E-state index contributed by atoms with van der Waals surface area (Å²) in [5.74, 6) is -0.823. The van der Waals surface area contributed by atoms with Crippen LogP contribution in [0, 0.1) is 17.8 Å². The first-order valence-electron chi connectivity index (χ1n) is 14.8. The molecule has 0 aromatic rings. The van der Waals surface area contributed by atoms with Crippen LogP contribution in [0.3, 0.4) is 0 Å². The van der Waals surface area contributed by atoms with Gasteiger partial charge in [0.05, 0.1) is 49.1 Å². The lowest BCUT2D eigenvalue weighted by molar-refractivity contribution is -0.143. The summed E-state index contributed by atoms with van der Waals surface area (Å²) in [6.45, 7) is 12.7. The molecule has 1 amide bonds. The van der Waals surface area contributed by atoms with Gasteiger partial charge >= 0.3 is 5.97 Å². The lowest BCUT2D eigenvalue weighted by Gasteiger charge is -2.35. The highest BCUT2D eigenvalue weighted by molar-refractivity contribution is 5.83. The van der Waals surface area contributed by atoms with E-state index in [1.807, 2.05) is 6.92 Å². The first kappa shape index (κ1) is 34.9. The van der Waals surface area contributed by atoms with E-state index in [4.69, 9.17) is 14.2 Å². The largest absolute Gasteiger partial charge is 0.480 e. The van der Waals surface area contributed by atoms with E-state index in [9.17, 15) is 24.6 Å². The molecule has 2 heterocycles. The van der Waals surface area contributed by atoms with E-state index < -0.39 is 18.1 Å². The van der Waals surface area contributed by atoms with Gasteiger partial charge in [-0.1, -0.05) is 39.0 Å². The first-order chi connectivity index (χ1) is 19.3. The number of amides is 1. The van der Waals surface area contributed by atoms with Crippen LogP contribution in [0.5, 0.6) is 0 Å². The Morgan fingerprint density at radius 3 is 2.54 bits per heavy atom. The van der Waals surface area contributed by atoms with Crippen molar-refractivity contribution in [1.29, 1.82) is 0 Å². The third kappa shape index (κ3) is 10.8. The third-order valence-electron chi connectivity index (χ3n) is 8.33. The number of carboxylic acids is 1. The molecule has 10 atom stereocenters. The molecule has 2 fully saturated rings. The number of aliphatic hydroxyl groups is 1. The second-order valence-corrected chi connectivity index (χ2v) is 12.1. The van der Waals surface area contributed by atoms with Crippen molar-refractivity contribution in [2.45, 2.75) is 122 Å². The molecule has 2 aliphatic rings. The molecule has 41 heavy (non-hydrogen) atoms. The lowest BCUT2D eigenvalue weighted by atomic mass is 9.85. The highest BCUT2D eigenvalue weighted by atomic mass is 16.6. The molecule has 0 aromatic heterocycles. The monoisotopic (exact) mass is 581 g/mol. The van der Waals surface area contributed by atoms with E-state index in [0.717, 1.165) is 24.8 Å². The Bertz CT molecular complexity index is 919. The van der Waals surface area contributed by atoms with Crippen LogP contribution in [0.2, 0.25) is 0 Å². The SMILES string of the molecule is CO[C@H]([C@@H](C)[C@H]1O[C@]1(C)C[C@H](C)/C=C/C=C(\C)[C@H]1O[C@@H](CC(=O)N[C@@H](CCCOC=O)C(=O)O)CC[C@@H]1C)[C@@H](C)O. The van der Waals surface area contributed by atoms with Gasteiger partial charge in [-0.25, -0.2) is 4.79 Å². The van der Waals surface area contributed by atoms with E-state index in [2.05, 4.69) is 56.0 Å². The van der Waals surface area contributed by atoms with Gasteiger partial charge in [0.25, 0.3) is 6.47 Å². The Morgan fingerprint density at radius 1 is 1.22 bits per heavy atom. The number of epoxide rings is 1. The maximum absolute atomic E-state index is 12.6. The average molecular weight is 582 g/mol. The van der Waals surface area contributed by atoms with Crippen molar-refractivity contribution in [1.82, 2.24) is 5.32 Å². The maximum Gasteiger partial charge on any atom is 0.326 e. The molecular formula is C31H51NO9. The summed E-state index contributed by atoms with van der Waals surface area (Å²) in [7, 11) is 1.62. The van der Waals surface area contributed by atoms with E-state index in [0.29, 0.717) is 18.8 Å². The fourth-order valence-electron chi connectivity index (χ4n) is 6.16. The molecule has 0 bridgehead atoms. The van der Waals surface area contributed by atoms with Crippen molar-refractivity contribution < 1.29 is 43.5 Å². The predicted octanol–water partition coefficient (Wildman–Crippen LogP) is 3.80. The number of carbonyl (C=O) groups is 3. The van der Waals surface area contributed by atoms with Crippen LogP contribution in [0.15, 0.2) is 23.8 Å². The third-order valence-corrected chi connectivity index (χ3v) is 8.33. The predicted molar refractivity (Wildman–Crippen MR) is 154 cm³/mol. The van der Waals surface area contributed by atoms with Crippen LogP contribution in [0.25, 0.3) is 0 Å². The van der Waals surface area contributed by atoms with Gasteiger partial charge in [0, 0.05) is 13.0 Å². The van der Waals surface area contributed by atoms with Gasteiger partial charge in [0.1, 0.15) is 6.04 Å². The summed E-state index contributed by atoms with van der Waals surface area (Å²) < 4.78 is 22.5. The zero-order valence-corrected chi connectivity index (χ0v) is 25.7. The van der Waals surface area contributed by atoms with Gasteiger partial charge in [-0.15, -0.1) is 0 Å². The van der Waals surface area contributed by atoms with Gasteiger partial charge in [0.2, 0.25) is 5.91 Å². The molecule has 234 valence electrons. The van der Waals surface area contributed by atoms with Crippen LogP contribution >= 0.6 is 0 Å². The van der Waals surface area contributed by atoms with Crippen LogP contribution in [-0.4, -0.2) is 84.4 Å². The molecule has 0 aliphatic carbocycles. The maximum atomic E-state index is 12.6. The summed E-state index contributed by atoms with van der Waals surface area (Å²) in [5.41, 5.74) is 0.829. The molecule has 0 spiro atoms. The smallest absolute Gasteiger partial charge is 0.326 e. The fraction of sp³-hybridized carbons (Fsp3) is 0.774. The standard InChI is InChI=1S/C31H51NO9/c1-19(17-31(6)29(41-31)22(4)28(38-7)23(5)34)10-8-11-20(2)27-21(3)13-14-24(40-27)16-26(35)32-25(30(36)37)12-9-15-39-18-33/h8,10-11,18-19,21-25,27-29,34H,9,12-17H2,1-7H3,(H,32,35)(H,36,37)/b10-8+,20-11+/t19-,21+,22-,23-,24-,25+,27-,28-,29-,31-/m1/s1. The van der Waals surface area contributed by atoms with E-state index in [1.165, 1.54) is 0 Å². The minimum absolute atomic E-state index is 0.0445. The Morgan fingerprint density at radius 2 is 1.93 bits per heavy atom. The minimum atomic E-state index is -1.12. The number of hydrogen-bond acceptors (Lipinski definition) is 8. The number of rotatable bonds is 18. The molecule has 0 unspecified atom stereocenters. The summed E-state index contributed by atoms with van der Waals surface area (Å²) in [4.78, 5) is 34.4. The van der Waals surface area contributed by atoms with Crippen molar-refractivity contribution >= 4 is 18.3 Å². The second kappa shape index (κ2) is 16.4. The summed E-state index contributed by atoms with van der Waals surface area (Å²) in [5, 5.41) is 22.0. The van der Waals surface area contributed by atoms with Crippen molar-refractivity contribution in [2.24, 2.45) is 17.8 Å². The topological polar surface area (TPSA) is 144 Å². The van der Waals surface area contributed by atoms with Crippen molar-refractivity contribution in [2.75, 3.05) is 13.7 Å². The van der Waals surface area contributed by atoms with Crippen LogP contribution in [-0.2, 0) is 33.3 Å². The summed E-state index contributed by atoms with van der Waals surface area (Å²) in [6, 6.07) is -1.04. The number of methoxy groups -OCH3 is 1. The molecule has 0 radical (unpaired) electrons. The molecular weight excluding hydrogens is 530 g/mol. The zero-order valence-electron chi connectivity index (χ0n) is 25.7. The molecule has 0 aromatic carbocycles. The fourth-order valence-corrected chi connectivity index (χ4v) is 6.16. The number of carboxylic acid groups (broad SMARTS) is 1. The first-order valence-corrected chi connectivity index (χ1v) is 14.8. The Balaban J connectivity index is 1.87. The Labute approximate surface area is 244 Å². The number of ether oxygens (including phenoxy) is 4. The average Bonchev–Trinajstić information content (AvgIpc) is 3.57. The number of aliphatic hydroxyl groups excluding tert-OH is 1. The van der Waals surface area contributed by atoms with Crippen LogP contribution < -0.4 is 5.32 Å². The van der Waals surface area contributed by atoms with E-state index in [1.54, 1.807) is 14.0 Å². The van der Waals surface area contributed by atoms with Crippen LogP contribution in [0.1, 0.15) is 80.1 Å². The molecule has 0 saturated carbocycles. The number of carbonyl (C=O) groups excluding carboxylic acids is 2. The normalized spacial score (nSPS) is 30.2.